The summed E-state index contributed by atoms with van der Waals surface area (Å²) in [5, 5.41) is 0. The maximum atomic E-state index is 6.95. The first-order valence-electron chi connectivity index (χ1n) is 12.7. The standard InChI is InChI=1S/C27H49N.CH4/c1-7-9-12-20(4)25(28)21-14-15-24-26(5)17-10-13-19(3)22(26)16-18-27(24,6)23(21)11-8-2;/h14,19-20,22-25H,7-13,15-18,28H2,1-6H3;1H4. The van der Waals surface area contributed by atoms with Crippen LogP contribution in [0.25, 0.3) is 0 Å². The molecule has 8 atom stereocenters. The van der Waals surface area contributed by atoms with Gasteiger partial charge >= 0.3 is 0 Å². The summed E-state index contributed by atoms with van der Waals surface area (Å²) in [7, 11) is 0. The van der Waals surface area contributed by atoms with Crippen molar-refractivity contribution in [1.29, 1.82) is 0 Å². The quantitative estimate of drug-likeness (QED) is 0.424. The number of fused-ring (bicyclic) bond motifs is 3. The van der Waals surface area contributed by atoms with Gasteiger partial charge in [-0.25, -0.2) is 0 Å². The molecule has 1 nitrogen and oxygen atoms in total. The molecule has 29 heavy (non-hydrogen) atoms. The Morgan fingerprint density at radius 2 is 1.83 bits per heavy atom. The number of nitrogens with two attached hydrogens (primary N) is 1. The summed E-state index contributed by atoms with van der Waals surface area (Å²) in [4.78, 5) is 0. The highest BCUT2D eigenvalue weighted by Gasteiger charge is 2.58. The molecule has 0 amide bonds. The number of rotatable bonds is 7. The molecule has 3 rings (SSSR count). The third-order valence-corrected chi connectivity index (χ3v) is 9.87. The second-order valence-corrected chi connectivity index (χ2v) is 11.5. The number of unbranched alkanes of at least 4 members (excludes halogenated alkanes) is 1. The van der Waals surface area contributed by atoms with E-state index in [2.05, 4.69) is 47.6 Å². The van der Waals surface area contributed by atoms with Gasteiger partial charge in [-0.1, -0.05) is 92.7 Å². The van der Waals surface area contributed by atoms with Crippen molar-refractivity contribution in [2.75, 3.05) is 0 Å². The van der Waals surface area contributed by atoms with E-state index in [9.17, 15) is 0 Å². The van der Waals surface area contributed by atoms with Gasteiger partial charge in [-0.3, -0.25) is 0 Å². The summed E-state index contributed by atoms with van der Waals surface area (Å²) in [5.41, 5.74) is 9.62. The van der Waals surface area contributed by atoms with E-state index in [4.69, 9.17) is 5.73 Å². The van der Waals surface area contributed by atoms with Gasteiger partial charge in [0, 0.05) is 6.04 Å². The van der Waals surface area contributed by atoms with E-state index in [0.29, 0.717) is 22.7 Å². The van der Waals surface area contributed by atoms with Gasteiger partial charge in [-0.05, 0) is 78.9 Å². The van der Waals surface area contributed by atoms with Crippen molar-refractivity contribution in [2.45, 2.75) is 126 Å². The Morgan fingerprint density at radius 1 is 1.10 bits per heavy atom. The Balaban J connectivity index is 0.00000300. The first-order valence-corrected chi connectivity index (χ1v) is 12.7. The van der Waals surface area contributed by atoms with Crippen molar-refractivity contribution in [1.82, 2.24) is 0 Å². The van der Waals surface area contributed by atoms with Crippen molar-refractivity contribution >= 4 is 0 Å². The minimum absolute atomic E-state index is 0. The highest BCUT2D eigenvalue weighted by molar-refractivity contribution is 5.25. The smallest absolute Gasteiger partial charge is 0.0282 e. The van der Waals surface area contributed by atoms with Gasteiger partial charge in [0.05, 0.1) is 0 Å². The number of allylic oxidation sites excluding steroid dienone is 1. The van der Waals surface area contributed by atoms with Crippen molar-refractivity contribution < 1.29 is 0 Å². The van der Waals surface area contributed by atoms with E-state index >= 15 is 0 Å². The Bertz CT molecular complexity index is 551. The van der Waals surface area contributed by atoms with Gasteiger partial charge in [-0.15, -0.1) is 0 Å². The molecule has 0 spiro atoms. The van der Waals surface area contributed by atoms with Crippen LogP contribution < -0.4 is 5.73 Å². The molecule has 0 radical (unpaired) electrons. The maximum Gasteiger partial charge on any atom is 0.0282 e. The number of hydrogen-bond donors (Lipinski definition) is 1. The van der Waals surface area contributed by atoms with Crippen LogP contribution in [0.1, 0.15) is 120 Å². The predicted molar refractivity (Wildman–Crippen MR) is 130 cm³/mol. The second-order valence-electron chi connectivity index (χ2n) is 11.5. The van der Waals surface area contributed by atoms with Crippen LogP contribution in [0.4, 0.5) is 0 Å². The molecule has 2 N–H and O–H groups in total. The van der Waals surface area contributed by atoms with Gasteiger partial charge in [-0.2, -0.15) is 0 Å². The Kier molecular flexibility index (Phi) is 8.51. The van der Waals surface area contributed by atoms with E-state index in [1.807, 2.05) is 0 Å². The Hall–Kier alpha value is -0.300. The molecular weight excluding hydrogens is 350 g/mol. The van der Waals surface area contributed by atoms with Crippen LogP contribution in [0.2, 0.25) is 0 Å². The Morgan fingerprint density at radius 3 is 2.48 bits per heavy atom. The monoisotopic (exact) mass is 403 g/mol. The summed E-state index contributed by atoms with van der Waals surface area (Å²) < 4.78 is 0. The normalized spacial score (nSPS) is 41.4. The van der Waals surface area contributed by atoms with Crippen LogP contribution in [0.5, 0.6) is 0 Å². The zero-order chi connectivity index (χ0) is 20.5. The van der Waals surface area contributed by atoms with Gasteiger partial charge < -0.3 is 5.73 Å². The van der Waals surface area contributed by atoms with Gasteiger partial charge in [0.1, 0.15) is 0 Å². The fraction of sp³-hybridized carbons (Fsp3) is 0.929. The lowest BCUT2D eigenvalue weighted by Crippen LogP contribution is -2.57. The van der Waals surface area contributed by atoms with E-state index in [0.717, 1.165) is 17.8 Å². The maximum absolute atomic E-state index is 6.95. The molecule has 0 saturated heterocycles. The molecule has 3 aliphatic carbocycles. The molecule has 2 fully saturated rings. The van der Waals surface area contributed by atoms with Crippen LogP contribution in [-0.4, -0.2) is 6.04 Å². The third kappa shape index (κ3) is 4.37. The molecule has 0 aromatic heterocycles. The lowest BCUT2D eigenvalue weighted by Gasteiger charge is -2.64. The van der Waals surface area contributed by atoms with Crippen LogP contribution >= 0.6 is 0 Å². The summed E-state index contributed by atoms with van der Waals surface area (Å²) in [6.45, 7) is 15.0. The van der Waals surface area contributed by atoms with Crippen molar-refractivity contribution in [2.24, 2.45) is 46.2 Å². The molecule has 0 aromatic rings. The van der Waals surface area contributed by atoms with Gasteiger partial charge in [0.25, 0.3) is 0 Å². The zero-order valence-corrected chi connectivity index (χ0v) is 19.9. The third-order valence-electron chi connectivity index (χ3n) is 9.87. The fourth-order valence-electron chi connectivity index (χ4n) is 8.20. The average molecular weight is 404 g/mol. The summed E-state index contributed by atoms with van der Waals surface area (Å²) in [6.07, 6.45) is 17.7. The van der Waals surface area contributed by atoms with Crippen molar-refractivity contribution in [3.63, 3.8) is 0 Å². The highest BCUT2D eigenvalue weighted by Crippen LogP contribution is 2.66. The first-order chi connectivity index (χ1) is 13.3. The highest BCUT2D eigenvalue weighted by atomic mass is 14.7. The molecular formula is C28H53N. The summed E-state index contributed by atoms with van der Waals surface area (Å²) >= 11 is 0. The second kappa shape index (κ2) is 9.88. The minimum atomic E-state index is 0. The van der Waals surface area contributed by atoms with Crippen molar-refractivity contribution in [3.05, 3.63) is 11.6 Å². The largest absolute Gasteiger partial charge is 0.324 e. The van der Waals surface area contributed by atoms with Crippen LogP contribution in [0, 0.1) is 40.4 Å². The van der Waals surface area contributed by atoms with E-state index in [1.165, 1.54) is 70.6 Å². The van der Waals surface area contributed by atoms with E-state index < -0.39 is 0 Å². The average Bonchev–Trinajstić information content (AvgIpc) is 2.66. The lowest BCUT2D eigenvalue weighted by molar-refractivity contribution is -0.123. The SMILES string of the molecule is C.CCCCC(C)C(N)C1=CCC2C(C)(CCC3C(C)CCCC32C)C1CCC. The molecule has 8 unspecified atom stereocenters. The summed E-state index contributed by atoms with van der Waals surface area (Å²) in [6, 6.07) is 0.275. The lowest BCUT2D eigenvalue weighted by atomic mass is 9.41. The van der Waals surface area contributed by atoms with Crippen molar-refractivity contribution in [3.8, 4) is 0 Å². The Labute approximate surface area is 183 Å². The number of hydrogen-bond acceptors (Lipinski definition) is 1. The summed E-state index contributed by atoms with van der Waals surface area (Å²) in [5.74, 6) is 4.07. The fourth-order valence-corrected chi connectivity index (χ4v) is 8.20. The molecule has 0 aliphatic heterocycles. The predicted octanol–water partition coefficient (Wildman–Crippen LogP) is 8.38. The molecule has 0 bridgehead atoms. The molecule has 3 aliphatic rings. The van der Waals surface area contributed by atoms with Gasteiger partial charge in [0.15, 0.2) is 0 Å². The first kappa shape index (κ1) is 25.0. The molecule has 1 heteroatoms. The van der Waals surface area contributed by atoms with E-state index in [-0.39, 0.29) is 13.5 Å². The van der Waals surface area contributed by atoms with E-state index in [1.54, 1.807) is 5.57 Å². The van der Waals surface area contributed by atoms with Crippen LogP contribution in [0.3, 0.4) is 0 Å². The molecule has 170 valence electrons. The van der Waals surface area contributed by atoms with Crippen LogP contribution in [0.15, 0.2) is 11.6 Å². The van der Waals surface area contributed by atoms with Crippen LogP contribution in [-0.2, 0) is 0 Å². The topological polar surface area (TPSA) is 26.0 Å². The minimum Gasteiger partial charge on any atom is -0.324 e. The zero-order valence-electron chi connectivity index (χ0n) is 19.9. The van der Waals surface area contributed by atoms with Gasteiger partial charge in [0.2, 0.25) is 0 Å². The molecule has 0 heterocycles. The molecule has 0 aromatic carbocycles. The molecule has 2 saturated carbocycles.